The molecule has 3 nitrogen and oxygen atoms in total. The minimum Gasteiger partial charge on any atom is -0.208 e. The molecule has 0 N–H and O–H groups in total. The summed E-state index contributed by atoms with van der Waals surface area (Å²) in [5.41, 5.74) is 6.48. The van der Waals surface area contributed by atoms with E-state index in [0.717, 1.165) is 33.0 Å². The smallest absolute Gasteiger partial charge is 0.164 e. The van der Waals surface area contributed by atoms with Gasteiger partial charge in [-0.15, -0.1) is 0 Å². The average Bonchev–Trinajstić information content (AvgIpc) is 2.93. The van der Waals surface area contributed by atoms with Gasteiger partial charge < -0.3 is 0 Å². The Morgan fingerprint density at radius 2 is 1.00 bits per heavy atom. The summed E-state index contributed by atoms with van der Waals surface area (Å²) in [4.78, 5) is 14.8. The van der Waals surface area contributed by atoms with Crippen molar-refractivity contribution in [1.82, 2.24) is 15.0 Å². The van der Waals surface area contributed by atoms with Crippen LogP contribution in [-0.2, 0) is 0 Å². The lowest BCUT2D eigenvalue weighted by Crippen LogP contribution is -2.01. The fourth-order valence-corrected chi connectivity index (χ4v) is 4.42. The number of rotatable bonds is 4. The Hall–Kier alpha value is -4.57. The van der Waals surface area contributed by atoms with Crippen molar-refractivity contribution in [2.75, 3.05) is 0 Å². The van der Waals surface area contributed by atoms with Crippen LogP contribution in [0.3, 0.4) is 0 Å². The largest absolute Gasteiger partial charge is 0.208 e. The quantitative estimate of drug-likeness (QED) is 0.314. The Bertz CT molecular complexity index is 1660. The summed E-state index contributed by atoms with van der Waals surface area (Å²) in [6.07, 6.45) is 0. The monoisotopic (exact) mass is 447 g/mol. The van der Waals surface area contributed by atoms with Crippen LogP contribution in [-0.4, -0.2) is 22.8 Å². The molecule has 0 unspecified atom stereocenters. The Kier molecular flexibility index (Phi) is 5.40. The van der Waals surface area contributed by atoms with E-state index in [-0.39, 0.29) is 0 Å². The summed E-state index contributed by atoms with van der Waals surface area (Å²) >= 11 is 0. The molecular formula is C31H22BN3. The van der Waals surface area contributed by atoms with Crippen LogP contribution in [0.1, 0.15) is 0 Å². The van der Waals surface area contributed by atoms with Gasteiger partial charge in [-0.2, -0.15) is 0 Å². The molecule has 0 amide bonds. The van der Waals surface area contributed by atoms with Crippen molar-refractivity contribution in [3.63, 3.8) is 0 Å². The zero-order valence-electron chi connectivity index (χ0n) is 19.4. The molecule has 5 aromatic carbocycles. The second kappa shape index (κ2) is 9.00. The molecule has 35 heavy (non-hydrogen) atoms. The van der Waals surface area contributed by atoms with Crippen LogP contribution in [0.2, 0.25) is 0 Å². The lowest BCUT2D eigenvalue weighted by molar-refractivity contribution is 1.08. The third-order valence-electron chi connectivity index (χ3n) is 6.17. The molecule has 0 radical (unpaired) electrons. The first-order valence-electron chi connectivity index (χ1n) is 11.7. The fourth-order valence-electron chi connectivity index (χ4n) is 4.42. The molecule has 0 aliphatic heterocycles. The molecule has 0 atom stereocenters. The molecule has 6 rings (SSSR count). The van der Waals surface area contributed by atoms with Crippen molar-refractivity contribution in [3.8, 4) is 45.3 Å². The van der Waals surface area contributed by atoms with Crippen LogP contribution in [0.4, 0.5) is 0 Å². The van der Waals surface area contributed by atoms with Gasteiger partial charge in [-0.05, 0) is 28.0 Å². The summed E-state index contributed by atoms with van der Waals surface area (Å²) in [6, 6.07) is 41.6. The van der Waals surface area contributed by atoms with Crippen molar-refractivity contribution in [3.05, 3.63) is 121 Å². The van der Waals surface area contributed by atoms with Crippen LogP contribution in [0.5, 0.6) is 0 Å². The highest BCUT2D eigenvalue weighted by molar-refractivity contribution is 6.32. The van der Waals surface area contributed by atoms with Crippen LogP contribution in [0.15, 0.2) is 121 Å². The second-order valence-corrected chi connectivity index (χ2v) is 8.65. The molecule has 0 aliphatic carbocycles. The minimum atomic E-state index is 0.663. The van der Waals surface area contributed by atoms with Gasteiger partial charge in [-0.25, -0.2) is 15.0 Å². The number of hydrogen-bond acceptors (Lipinski definition) is 3. The van der Waals surface area contributed by atoms with Crippen LogP contribution in [0, 0.1) is 0 Å². The van der Waals surface area contributed by atoms with Crippen molar-refractivity contribution in [2.24, 2.45) is 0 Å². The SMILES string of the molecule is Bc1cccc(-c2cccc(-c3nc(-c4ccccc4)nc(-c4cccc5ccccc45)n3)c2)c1. The third kappa shape index (κ3) is 4.22. The predicted octanol–water partition coefficient (Wildman–Crippen LogP) is 5.95. The molecule has 0 bridgehead atoms. The molecule has 0 saturated heterocycles. The first-order valence-corrected chi connectivity index (χ1v) is 11.7. The second-order valence-electron chi connectivity index (χ2n) is 8.65. The van der Waals surface area contributed by atoms with E-state index in [9.17, 15) is 0 Å². The van der Waals surface area contributed by atoms with E-state index in [4.69, 9.17) is 15.0 Å². The summed E-state index contributed by atoms with van der Waals surface area (Å²) < 4.78 is 0. The minimum absolute atomic E-state index is 0.663. The number of hydrogen-bond donors (Lipinski definition) is 0. The van der Waals surface area contributed by atoms with Gasteiger partial charge in [0.1, 0.15) is 7.85 Å². The standard InChI is InChI=1S/C31H22BN3/c32-26-16-7-14-24(20-26)23-13-6-15-25(19-23)30-33-29(22-10-2-1-3-11-22)34-31(35-30)28-18-8-12-21-9-4-5-17-27(21)28/h1-20H,32H2. The normalized spacial score (nSPS) is 11.0. The highest BCUT2D eigenvalue weighted by Crippen LogP contribution is 2.30. The van der Waals surface area contributed by atoms with Gasteiger partial charge >= 0.3 is 0 Å². The maximum Gasteiger partial charge on any atom is 0.164 e. The molecule has 0 fully saturated rings. The van der Waals surface area contributed by atoms with Gasteiger partial charge in [0.05, 0.1) is 0 Å². The molecule has 1 heterocycles. The van der Waals surface area contributed by atoms with Crippen LogP contribution in [0.25, 0.3) is 56.1 Å². The van der Waals surface area contributed by atoms with E-state index in [1.807, 2.05) is 30.3 Å². The first kappa shape index (κ1) is 21.0. The van der Waals surface area contributed by atoms with Gasteiger partial charge in [0, 0.05) is 16.7 Å². The molecule has 6 aromatic rings. The highest BCUT2D eigenvalue weighted by Gasteiger charge is 2.14. The highest BCUT2D eigenvalue weighted by atomic mass is 15.0. The molecule has 164 valence electrons. The summed E-state index contributed by atoms with van der Waals surface area (Å²) in [6.45, 7) is 0. The topological polar surface area (TPSA) is 38.7 Å². The van der Waals surface area contributed by atoms with E-state index in [1.165, 1.54) is 11.0 Å². The molecule has 0 aliphatic rings. The Labute approximate surface area is 205 Å². The lowest BCUT2D eigenvalue weighted by atomic mass is 9.92. The van der Waals surface area contributed by atoms with E-state index in [0.29, 0.717) is 17.5 Å². The molecule has 1 aromatic heterocycles. The summed E-state index contributed by atoms with van der Waals surface area (Å²) in [5.74, 6) is 2.00. The molecular weight excluding hydrogens is 425 g/mol. The third-order valence-corrected chi connectivity index (χ3v) is 6.17. The van der Waals surface area contributed by atoms with Gasteiger partial charge in [0.25, 0.3) is 0 Å². The Morgan fingerprint density at radius 3 is 1.83 bits per heavy atom. The number of aromatic nitrogens is 3. The summed E-state index contributed by atoms with van der Waals surface area (Å²) in [7, 11) is 2.11. The van der Waals surface area contributed by atoms with Gasteiger partial charge in [0.15, 0.2) is 17.5 Å². The predicted molar refractivity (Wildman–Crippen MR) is 147 cm³/mol. The van der Waals surface area contributed by atoms with Crippen LogP contribution < -0.4 is 5.46 Å². The molecule has 0 saturated carbocycles. The van der Waals surface area contributed by atoms with Crippen molar-refractivity contribution in [1.29, 1.82) is 0 Å². The van der Waals surface area contributed by atoms with Gasteiger partial charge in [-0.3, -0.25) is 0 Å². The van der Waals surface area contributed by atoms with E-state index in [2.05, 4.69) is 98.8 Å². The first-order chi connectivity index (χ1) is 17.2. The van der Waals surface area contributed by atoms with Gasteiger partial charge in [-0.1, -0.05) is 121 Å². The van der Waals surface area contributed by atoms with Crippen molar-refractivity contribution in [2.45, 2.75) is 0 Å². The van der Waals surface area contributed by atoms with E-state index < -0.39 is 0 Å². The number of benzene rings is 5. The average molecular weight is 447 g/mol. The molecule has 4 heteroatoms. The number of fused-ring (bicyclic) bond motifs is 1. The maximum absolute atomic E-state index is 4.98. The lowest BCUT2D eigenvalue weighted by Gasteiger charge is -2.11. The van der Waals surface area contributed by atoms with E-state index in [1.54, 1.807) is 0 Å². The molecule has 0 spiro atoms. The Morgan fingerprint density at radius 1 is 0.429 bits per heavy atom. The van der Waals surface area contributed by atoms with Crippen molar-refractivity contribution < 1.29 is 0 Å². The zero-order chi connectivity index (χ0) is 23.6. The van der Waals surface area contributed by atoms with Gasteiger partial charge in [0.2, 0.25) is 0 Å². The maximum atomic E-state index is 4.98. The van der Waals surface area contributed by atoms with E-state index >= 15 is 0 Å². The van der Waals surface area contributed by atoms with Crippen molar-refractivity contribution >= 4 is 24.1 Å². The zero-order valence-corrected chi connectivity index (χ0v) is 19.4. The van der Waals surface area contributed by atoms with Crippen LogP contribution >= 0.6 is 0 Å². The fraction of sp³-hybridized carbons (Fsp3) is 0. The Balaban J connectivity index is 1.56. The summed E-state index contributed by atoms with van der Waals surface area (Å²) in [5, 5.41) is 2.29. The number of nitrogens with zero attached hydrogens (tertiary/aromatic N) is 3.